The fourth-order valence-corrected chi connectivity index (χ4v) is 1.45. The van der Waals surface area contributed by atoms with Gasteiger partial charge >= 0.3 is 5.97 Å². The summed E-state index contributed by atoms with van der Waals surface area (Å²) in [6.45, 7) is 0. The number of carboxylic acid groups (broad SMARTS) is 1. The molecule has 6 heteroatoms. The molecule has 92 valence electrons. The summed E-state index contributed by atoms with van der Waals surface area (Å²) in [4.78, 5) is 14.4. The van der Waals surface area contributed by atoms with Crippen LogP contribution in [0.1, 0.15) is 10.4 Å². The molecule has 0 saturated heterocycles. The fourth-order valence-electron chi connectivity index (χ4n) is 1.28. The highest BCUT2D eigenvalue weighted by Crippen LogP contribution is 2.28. The van der Waals surface area contributed by atoms with Crippen molar-refractivity contribution in [2.24, 2.45) is 0 Å². The predicted molar refractivity (Wildman–Crippen MR) is 62.7 cm³/mol. The maximum Gasteiger partial charge on any atom is 0.337 e. The Morgan fingerprint density at radius 2 is 2.17 bits per heavy atom. The number of aromatic carboxylic acids is 1. The zero-order valence-corrected chi connectivity index (χ0v) is 9.69. The minimum absolute atomic E-state index is 0.0464. The molecule has 0 radical (unpaired) electrons. The normalized spacial score (nSPS) is 10.1. The van der Waals surface area contributed by atoms with Crippen molar-refractivity contribution in [2.45, 2.75) is 0 Å². The molecule has 0 aliphatic heterocycles. The molecule has 1 aromatic carbocycles. The van der Waals surface area contributed by atoms with E-state index >= 15 is 0 Å². The molecule has 0 saturated carbocycles. The van der Waals surface area contributed by atoms with Crippen LogP contribution in [0.3, 0.4) is 0 Å². The molecule has 0 atom stereocenters. The van der Waals surface area contributed by atoms with Crippen molar-refractivity contribution in [3.63, 3.8) is 0 Å². The largest absolute Gasteiger partial charge is 0.478 e. The van der Waals surface area contributed by atoms with Gasteiger partial charge in [-0.05, 0) is 18.2 Å². The van der Waals surface area contributed by atoms with Crippen LogP contribution in [0.15, 0.2) is 36.7 Å². The summed E-state index contributed by atoms with van der Waals surface area (Å²) in [5.41, 5.74) is -0.0464. The molecule has 4 nitrogen and oxygen atoms in total. The van der Waals surface area contributed by atoms with Crippen molar-refractivity contribution < 1.29 is 19.0 Å². The maximum absolute atomic E-state index is 13.6. The number of aromatic nitrogens is 1. The van der Waals surface area contributed by atoms with Crippen molar-refractivity contribution in [3.05, 3.63) is 53.1 Å². The summed E-state index contributed by atoms with van der Waals surface area (Å²) < 4.78 is 18.7. The van der Waals surface area contributed by atoms with E-state index in [4.69, 9.17) is 21.4 Å². The average molecular weight is 268 g/mol. The Hall–Kier alpha value is -2.14. The number of ether oxygens (including phenoxy) is 1. The third-order valence-corrected chi connectivity index (χ3v) is 2.40. The number of carbonyl (C=O) groups is 1. The van der Waals surface area contributed by atoms with E-state index in [1.54, 1.807) is 0 Å². The average Bonchev–Trinajstić information content (AvgIpc) is 2.35. The zero-order valence-electron chi connectivity index (χ0n) is 8.93. The fraction of sp³-hybridized carbons (Fsp3) is 0. The van der Waals surface area contributed by atoms with Crippen molar-refractivity contribution in [1.82, 2.24) is 4.98 Å². The molecule has 0 amide bonds. The van der Waals surface area contributed by atoms with Gasteiger partial charge in [0.15, 0.2) is 11.6 Å². The minimum Gasteiger partial charge on any atom is -0.478 e. The monoisotopic (exact) mass is 267 g/mol. The Balaban J connectivity index is 2.31. The number of pyridine rings is 1. The van der Waals surface area contributed by atoms with Crippen LogP contribution >= 0.6 is 11.6 Å². The van der Waals surface area contributed by atoms with Crippen LogP contribution in [0.25, 0.3) is 0 Å². The number of rotatable bonds is 3. The number of hydrogen-bond donors (Lipinski definition) is 1. The predicted octanol–water partition coefficient (Wildman–Crippen LogP) is 3.36. The van der Waals surface area contributed by atoms with Crippen molar-refractivity contribution >= 4 is 17.6 Å². The second-order valence-electron chi connectivity index (χ2n) is 3.37. The second kappa shape index (κ2) is 5.01. The van der Waals surface area contributed by atoms with Crippen LogP contribution in [0.2, 0.25) is 5.02 Å². The molecular weight excluding hydrogens is 261 g/mol. The summed E-state index contributed by atoms with van der Waals surface area (Å²) in [6, 6.07) is 5.54. The van der Waals surface area contributed by atoms with E-state index < -0.39 is 11.8 Å². The van der Waals surface area contributed by atoms with Gasteiger partial charge in [0.1, 0.15) is 5.75 Å². The molecule has 2 rings (SSSR count). The van der Waals surface area contributed by atoms with E-state index in [9.17, 15) is 9.18 Å². The van der Waals surface area contributed by atoms with Crippen molar-refractivity contribution in [1.29, 1.82) is 0 Å². The lowest BCUT2D eigenvalue weighted by molar-refractivity contribution is 0.0696. The lowest BCUT2D eigenvalue weighted by atomic mass is 10.3. The van der Waals surface area contributed by atoms with Crippen molar-refractivity contribution in [3.8, 4) is 11.5 Å². The molecule has 0 aliphatic carbocycles. The molecule has 0 fully saturated rings. The van der Waals surface area contributed by atoms with Crippen molar-refractivity contribution in [2.75, 3.05) is 0 Å². The van der Waals surface area contributed by atoms with Gasteiger partial charge in [-0.3, -0.25) is 4.98 Å². The van der Waals surface area contributed by atoms with E-state index in [0.29, 0.717) is 0 Å². The van der Waals surface area contributed by atoms with E-state index in [0.717, 1.165) is 0 Å². The van der Waals surface area contributed by atoms with Gasteiger partial charge in [-0.25, -0.2) is 9.18 Å². The van der Waals surface area contributed by atoms with E-state index in [1.807, 2.05) is 0 Å². The molecule has 0 spiro atoms. The van der Waals surface area contributed by atoms with Crippen LogP contribution in [-0.4, -0.2) is 16.1 Å². The van der Waals surface area contributed by atoms with Gasteiger partial charge in [-0.15, -0.1) is 0 Å². The Kier molecular flexibility index (Phi) is 3.43. The first-order valence-corrected chi connectivity index (χ1v) is 5.26. The van der Waals surface area contributed by atoms with Gasteiger partial charge in [0.25, 0.3) is 0 Å². The minimum atomic E-state index is -1.14. The molecule has 0 unspecified atom stereocenters. The van der Waals surface area contributed by atoms with E-state index in [1.165, 1.54) is 36.7 Å². The first-order chi connectivity index (χ1) is 8.58. The van der Waals surface area contributed by atoms with E-state index in [-0.39, 0.29) is 22.1 Å². The number of halogens is 2. The first kappa shape index (κ1) is 12.3. The highest BCUT2D eigenvalue weighted by atomic mass is 35.5. The van der Waals surface area contributed by atoms with Crippen LogP contribution in [0, 0.1) is 5.82 Å². The smallest absolute Gasteiger partial charge is 0.337 e. The standard InChI is InChI=1S/C12H7ClFNO3/c13-9-2-1-3-10(11(9)14)18-8-4-7(12(16)17)5-15-6-8/h1-6H,(H,16,17). The van der Waals surface area contributed by atoms with Crippen LogP contribution < -0.4 is 4.74 Å². The third-order valence-electron chi connectivity index (χ3n) is 2.10. The quantitative estimate of drug-likeness (QED) is 0.926. The van der Waals surface area contributed by atoms with Gasteiger partial charge < -0.3 is 9.84 Å². The SMILES string of the molecule is O=C(O)c1cncc(Oc2cccc(Cl)c2F)c1. The van der Waals surface area contributed by atoms with E-state index in [2.05, 4.69) is 4.98 Å². The Morgan fingerprint density at radius 1 is 1.39 bits per heavy atom. The molecule has 1 aromatic heterocycles. The second-order valence-corrected chi connectivity index (χ2v) is 3.78. The summed E-state index contributed by atoms with van der Waals surface area (Å²) in [6.07, 6.45) is 2.45. The molecule has 1 N–H and O–H groups in total. The molecular formula is C12H7ClFNO3. The van der Waals surface area contributed by atoms with Crippen LogP contribution in [-0.2, 0) is 0 Å². The summed E-state index contributed by atoms with van der Waals surface area (Å²) in [5.74, 6) is -1.82. The summed E-state index contributed by atoms with van der Waals surface area (Å²) >= 11 is 5.60. The van der Waals surface area contributed by atoms with Gasteiger partial charge in [-0.1, -0.05) is 17.7 Å². The number of nitrogens with zero attached hydrogens (tertiary/aromatic N) is 1. The highest BCUT2D eigenvalue weighted by molar-refractivity contribution is 6.30. The molecule has 18 heavy (non-hydrogen) atoms. The zero-order chi connectivity index (χ0) is 13.1. The highest BCUT2D eigenvalue weighted by Gasteiger charge is 2.10. The topological polar surface area (TPSA) is 59.4 Å². The van der Waals surface area contributed by atoms with Crippen LogP contribution in [0.4, 0.5) is 4.39 Å². The molecule has 1 heterocycles. The van der Waals surface area contributed by atoms with Gasteiger partial charge in [0, 0.05) is 6.20 Å². The maximum atomic E-state index is 13.6. The first-order valence-electron chi connectivity index (χ1n) is 4.88. The third kappa shape index (κ3) is 2.57. The molecule has 2 aromatic rings. The van der Waals surface area contributed by atoms with Crippen LogP contribution in [0.5, 0.6) is 11.5 Å². The Labute approximate surface area is 107 Å². The lowest BCUT2D eigenvalue weighted by Gasteiger charge is -2.07. The molecule has 0 bridgehead atoms. The van der Waals surface area contributed by atoms with Gasteiger partial charge in [0.05, 0.1) is 16.8 Å². The molecule has 0 aliphatic rings. The number of carboxylic acids is 1. The van der Waals surface area contributed by atoms with Gasteiger partial charge in [0.2, 0.25) is 0 Å². The Morgan fingerprint density at radius 3 is 2.89 bits per heavy atom. The van der Waals surface area contributed by atoms with Gasteiger partial charge in [-0.2, -0.15) is 0 Å². The summed E-state index contributed by atoms with van der Waals surface area (Å²) in [7, 11) is 0. The Bertz CT molecular complexity index is 604. The summed E-state index contributed by atoms with van der Waals surface area (Å²) in [5, 5.41) is 8.71. The lowest BCUT2D eigenvalue weighted by Crippen LogP contribution is -1.98. The number of benzene rings is 1. The number of hydrogen-bond acceptors (Lipinski definition) is 3.